The van der Waals surface area contributed by atoms with Gasteiger partial charge in [-0.05, 0) is 17.6 Å². The second-order valence-electron chi connectivity index (χ2n) is 1.79. The first kappa shape index (κ1) is 9.00. The third kappa shape index (κ3) is 2.17. The second-order valence-corrected chi connectivity index (χ2v) is 3.55. The van der Waals surface area contributed by atoms with E-state index in [0.29, 0.717) is 21.6 Å². The molecule has 1 rings (SSSR count). The van der Waals surface area contributed by atoms with Crippen LogP contribution in [0.3, 0.4) is 0 Å². The molecule has 2 N–H and O–H groups in total. The van der Waals surface area contributed by atoms with Crippen molar-refractivity contribution < 1.29 is 0 Å². The van der Waals surface area contributed by atoms with Crippen LogP contribution in [-0.4, -0.2) is 10.9 Å². The lowest BCUT2D eigenvalue weighted by Gasteiger charge is -1.84. The molecule has 0 bridgehead atoms. The Bertz CT molecular complexity index is 270. The van der Waals surface area contributed by atoms with E-state index in [1.165, 1.54) is 11.5 Å². The molecule has 0 fully saturated rings. The fourth-order valence-electron chi connectivity index (χ4n) is 0.553. The average molecular weight is 209 g/mol. The summed E-state index contributed by atoms with van der Waals surface area (Å²) < 4.78 is 4.51. The van der Waals surface area contributed by atoms with Gasteiger partial charge in [0.05, 0.1) is 10.7 Å². The van der Waals surface area contributed by atoms with Gasteiger partial charge in [-0.2, -0.15) is 4.37 Å². The van der Waals surface area contributed by atoms with E-state index in [0.717, 1.165) is 0 Å². The van der Waals surface area contributed by atoms with Gasteiger partial charge in [-0.25, -0.2) is 0 Å². The average Bonchev–Trinajstić information content (AvgIpc) is 2.31. The molecule has 0 aromatic carbocycles. The lowest BCUT2D eigenvalue weighted by Crippen LogP contribution is -1.91. The van der Waals surface area contributed by atoms with Gasteiger partial charge in [-0.3, -0.25) is 0 Å². The lowest BCUT2D eigenvalue weighted by atomic mass is 10.4. The number of halogens is 2. The van der Waals surface area contributed by atoms with Gasteiger partial charge >= 0.3 is 0 Å². The molecule has 5 heteroatoms. The highest BCUT2D eigenvalue weighted by atomic mass is 35.5. The van der Waals surface area contributed by atoms with Gasteiger partial charge in [0, 0.05) is 6.54 Å². The van der Waals surface area contributed by atoms with E-state index in [1.807, 2.05) is 0 Å². The van der Waals surface area contributed by atoms with Crippen LogP contribution < -0.4 is 5.73 Å². The van der Waals surface area contributed by atoms with E-state index >= 15 is 0 Å². The summed E-state index contributed by atoms with van der Waals surface area (Å²) >= 11 is 12.6. The van der Waals surface area contributed by atoms with E-state index in [-0.39, 0.29) is 0 Å². The van der Waals surface area contributed by atoms with Gasteiger partial charge in [0.25, 0.3) is 0 Å². The van der Waals surface area contributed by atoms with Gasteiger partial charge in [0.2, 0.25) is 0 Å². The van der Waals surface area contributed by atoms with Crippen molar-refractivity contribution in [1.82, 2.24) is 4.37 Å². The molecule has 60 valence electrons. The van der Waals surface area contributed by atoms with E-state index in [9.17, 15) is 0 Å². The molecule has 0 amide bonds. The van der Waals surface area contributed by atoms with Crippen LogP contribution in [0.4, 0.5) is 0 Å². The molecule has 1 heterocycles. The molecule has 0 spiro atoms. The quantitative estimate of drug-likeness (QED) is 0.812. The normalized spacial score (nSPS) is 11.2. The number of hydrogen-bond acceptors (Lipinski definition) is 3. The van der Waals surface area contributed by atoms with Gasteiger partial charge in [0.1, 0.15) is 4.34 Å². The monoisotopic (exact) mass is 208 g/mol. The van der Waals surface area contributed by atoms with Crippen LogP contribution in [0.2, 0.25) is 9.36 Å². The van der Waals surface area contributed by atoms with Gasteiger partial charge in [-0.15, -0.1) is 0 Å². The molecule has 0 aliphatic rings. The number of aromatic nitrogens is 1. The summed E-state index contributed by atoms with van der Waals surface area (Å²) in [5.74, 6) is 0. The number of rotatable bonds is 2. The molecule has 0 atom stereocenters. The van der Waals surface area contributed by atoms with Crippen molar-refractivity contribution in [2.75, 3.05) is 6.54 Å². The molecule has 0 unspecified atom stereocenters. The van der Waals surface area contributed by atoms with Crippen molar-refractivity contribution in [2.45, 2.75) is 0 Å². The van der Waals surface area contributed by atoms with Crippen LogP contribution in [0.5, 0.6) is 0 Å². The third-order valence-electron chi connectivity index (χ3n) is 1.03. The molecule has 1 aromatic rings. The lowest BCUT2D eigenvalue weighted by molar-refractivity contribution is 1.26. The zero-order valence-corrected chi connectivity index (χ0v) is 7.88. The van der Waals surface area contributed by atoms with Gasteiger partial charge < -0.3 is 5.73 Å². The van der Waals surface area contributed by atoms with E-state index < -0.39 is 0 Å². The van der Waals surface area contributed by atoms with Crippen molar-refractivity contribution in [3.8, 4) is 0 Å². The molecule has 0 saturated carbocycles. The second kappa shape index (κ2) is 4.07. The van der Waals surface area contributed by atoms with Crippen LogP contribution in [0.25, 0.3) is 6.08 Å². The maximum Gasteiger partial charge on any atom is 0.133 e. The SMILES string of the molecule is NCC=Cc1nsc(Cl)c1Cl. The summed E-state index contributed by atoms with van der Waals surface area (Å²) in [7, 11) is 0. The van der Waals surface area contributed by atoms with Gasteiger partial charge in [0.15, 0.2) is 0 Å². The molecule has 11 heavy (non-hydrogen) atoms. The summed E-state index contributed by atoms with van der Waals surface area (Å²) in [6, 6.07) is 0. The first-order valence-electron chi connectivity index (χ1n) is 2.93. The Morgan fingerprint density at radius 1 is 1.55 bits per heavy atom. The highest BCUT2D eigenvalue weighted by molar-refractivity contribution is 7.11. The van der Waals surface area contributed by atoms with Crippen molar-refractivity contribution in [3.63, 3.8) is 0 Å². The van der Waals surface area contributed by atoms with Crippen LogP contribution in [0.1, 0.15) is 5.69 Å². The summed E-state index contributed by atoms with van der Waals surface area (Å²) in [5, 5.41) is 0.501. The molecule has 0 aliphatic heterocycles. The van der Waals surface area contributed by atoms with Crippen LogP contribution in [0.15, 0.2) is 6.08 Å². The van der Waals surface area contributed by atoms with E-state index in [2.05, 4.69) is 4.37 Å². The largest absolute Gasteiger partial charge is 0.327 e. The molecule has 2 nitrogen and oxygen atoms in total. The van der Waals surface area contributed by atoms with Crippen molar-refractivity contribution >= 4 is 40.8 Å². The van der Waals surface area contributed by atoms with Crippen LogP contribution in [-0.2, 0) is 0 Å². The van der Waals surface area contributed by atoms with Crippen molar-refractivity contribution in [1.29, 1.82) is 0 Å². The Hall–Kier alpha value is -0.0900. The van der Waals surface area contributed by atoms with Crippen molar-refractivity contribution in [2.24, 2.45) is 5.73 Å². The molecule has 0 radical (unpaired) electrons. The Morgan fingerprint density at radius 2 is 2.27 bits per heavy atom. The van der Waals surface area contributed by atoms with Crippen LogP contribution >= 0.6 is 34.7 Å². The third-order valence-corrected chi connectivity index (χ3v) is 2.67. The van der Waals surface area contributed by atoms with Crippen LogP contribution in [0, 0.1) is 0 Å². The summed E-state index contributed by atoms with van der Waals surface area (Å²) in [6.07, 6.45) is 3.53. The molecular formula is C6H6Cl2N2S. The van der Waals surface area contributed by atoms with Gasteiger partial charge in [-0.1, -0.05) is 29.3 Å². The minimum absolute atomic E-state index is 0.478. The minimum atomic E-state index is 0.478. The zero-order valence-electron chi connectivity index (χ0n) is 5.55. The van der Waals surface area contributed by atoms with Crippen molar-refractivity contribution in [3.05, 3.63) is 21.1 Å². The first-order chi connectivity index (χ1) is 5.25. The summed E-state index contributed by atoms with van der Waals surface area (Å²) in [5.41, 5.74) is 5.93. The number of nitrogens with two attached hydrogens (primary N) is 1. The Morgan fingerprint density at radius 3 is 2.73 bits per heavy atom. The number of nitrogens with zero attached hydrogens (tertiary/aromatic N) is 1. The Labute approximate surface area is 78.8 Å². The molecule has 0 saturated heterocycles. The summed E-state index contributed by atoms with van der Waals surface area (Å²) in [6.45, 7) is 0.478. The predicted molar refractivity (Wildman–Crippen MR) is 50.2 cm³/mol. The van der Waals surface area contributed by atoms with E-state index in [4.69, 9.17) is 28.9 Å². The number of hydrogen-bond donors (Lipinski definition) is 1. The highest BCUT2D eigenvalue weighted by Crippen LogP contribution is 2.29. The fourth-order valence-corrected chi connectivity index (χ4v) is 1.53. The summed E-state index contributed by atoms with van der Waals surface area (Å²) in [4.78, 5) is 0. The smallest absolute Gasteiger partial charge is 0.133 e. The minimum Gasteiger partial charge on any atom is -0.327 e. The van der Waals surface area contributed by atoms with E-state index in [1.54, 1.807) is 12.2 Å². The standard InChI is InChI=1S/C6H6Cl2N2S/c7-5-4(2-1-3-9)10-11-6(5)8/h1-2H,3,9H2. The Kier molecular flexibility index (Phi) is 3.33. The topological polar surface area (TPSA) is 38.9 Å². The highest BCUT2D eigenvalue weighted by Gasteiger charge is 2.05. The zero-order chi connectivity index (χ0) is 8.27. The maximum absolute atomic E-state index is 5.77. The maximum atomic E-state index is 5.77. The molecular weight excluding hydrogens is 203 g/mol. The first-order valence-corrected chi connectivity index (χ1v) is 4.46. The fraction of sp³-hybridized carbons (Fsp3) is 0.167. The Balaban J connectivity index is 2.87. The predicted octanol–water partition coefficient (Wildman–Crippen LogP) is 2.42. The molecule has 0 aliphatic carbocycles. The molecule has 1 aromatic heterocycles.